The molecule has 0 amide bonds. The van der Waals surface area contributed by atoms with Crippen LogP contribution in [0.2, 0.25) is 0 Å². The molecule has 2 aromatic carbocycles. The largest absolute Gasteiger partial charge is 0.458 e. The maximum atomic E-state index is 12.4. The Bertz CT molecular complexity index is 783. The molecule has 0 aliphatic rings. The van der Waals surface area contributed by atoms with Crippen LogP contribution in [0.15, 0.2) is 60.7 Å². The average Bonchev–Trinajstić information content (AvgIpc) is 2.65. The first kappa shape index (κ1) is 20.2. The van der Waals surface area contributed by atoms with E-state index in [1.165, 1.54) is 6.92 Å². The maximum Gasteiger partial charge on any atom is 0.338 e. The summed E-state index contributed by atoms with van der Waals surface area (Å²) in [5.41, 5.74) is -0.473. The topological polar surface area (TPSA) is 78.9 Å². The zero-order chi connectivity index (χ0) is 19.9. The van der Waals surface area contributed by atoms with E-state index >= 15 is 0 Å². The zero-order valence-corrected chi connectivity index (χ0v) is 15.5. The molecular weight excluding hydrogens is 348 g/mol. The van der Waals surface area contributed by atoms with Crippen LogP contribution in [0.4, 0.5) is 0 Å². The standard InChI is InChI=1S/C21H22O6/c1-15(22)27-21(2,3)18(26-20(24)17-12-8-5-9-13-17)14-25-19(23)16-10-6-4-7-11-16/h4-13,18H,14H2,1-3H3. The molecule has 0 spiro atoms. The van der Waals surface area contributed by atoms with Gasteiger partial charge in [0.15, 0.2) is 6.10 Å². The lowest BCUT2D eigenvalue weighted by Gasteiger charge is -2.32. The van der Waals surface area contributed by atoms with E-state index in [1.807, 2.05) is 0 Å². The van der Waals surface area contributed by atoms with E-state index in [9.17, 15) is 14.4 Å². The Morgan fingerprint density at radius 1 is 0.852 bits per heavy atom. The van der Waals surface area contributed by atoms with Crippen LogP contribution in [0.5, 0.6) is 0 Å². The summed E-state index contributed by atoms with van der Waals surface area (Å²) in [5.74, 6) is -1.69. The summed E-state index contributed by atoms with van der Waals surface area (Å²) < 4.78 is 16.0. The molecular formula is C21H22O6. The highest BCUT2D eigenvalue weighted by Crippen LogP contribution is 2.21. The molecule has 0 saturated heterocycles. The number of carbonyl (C=O) groups is 3. The minimum Gasteiger partial charge on any atom is -0.458 e. The molecule has 1 atom stereocenters. The Kier molecular flexibility index (Phi) is 6.71. The van der Waals surface area contributed by atoms with Gasteiger partial charge in [-0.3, -0.25) is 4.79 Å². The van der Waals surface area contributed by atoms with Crippen LogP contribution in [-0.4, -0.2) is 36.2 Å². The Labute approximate surface area is 158 Å². The van der Waals surface area contributed by atoms with E-state index in [2.05, 4.69) is 0 Å². The summed E-state index contributed by atoms with van der Waals surface area (Å²) in [6.07, 6.45) is -0.984. The highest BCUT2D eigenvalue weighted by molar-refractivity contribution is 5.90. The summed E-state index contributed by atoms with van der Waals surface area (Å²) in [6.45, 7) is 4.18. The number of benzene rings is 2. The van der Waals surface area contributed by atoms with Gasteiger partial charge in [-0.15, -0.1) is 0 Å². The lowest BCUT2D eigenvalue weighted by molar-refractivity contribution is -0.168. The van der Waals surface area contributed by atoms with Crippen molar-refractivity contribution in [2.45, 2.75) is 32.5 Å². The number of hydrogen-bond acceptors (Lipinski definition) is 6. The zero-order valence-electron chi connectivity index (χ0n) is 15.5. The van der Waals surface area contributed by atoms with Crippen molar-refractivity contribution >= 4 is 17.9 Å². The molecule has 0 saturated carbocycles. The van der Waals surface area contributed by atoms with E-state index in [-0.39, 0.29) is 6.61 Å². The summed E-state index contributed by atoms with van der Waals surface area (Å²) >= 11 is 0. The second-order valence-corrected chi connectivity index (χ2v) is 6.42. The Morgan fingerprint density at radius 2 is 1.33 bits per heavy atom. The molecule has 1 unspecified atom stereocenters. The van der Waals surface area contributed by atoms with Crippen LogP contribution >= 0.6 is 0 Å². The van der Waals surface area contributed by atoms with Crippen LogP contribution in [0, 0.1) is 0 Å². The summed E-state index contributed by atoms with van der Waals surface area (Å²) in [5, 5.41) is 0. The first-order chi connectivity index (χ1) is 12.8. The van der Waals surface area contributed by atoms with E-state index < -0.39 is 29.6 Å². The molecule has 142 valence electrons. The van der Waals surface area contributed by atoms with Crippen LogP contribution < -0.4 is 0 Å². The van der Waals surface area contributed by atoms with Gasteiger partial charge in [0.05, 0.1) is 11.1 Å². The van der Waals surface area contributed by atoms with Gasteiger partial charge < -0.3 is 14.2 Å². The monoisotopic (exact) mass is 370 g/mol. The Hall–Kier alpha value is -3.15. The molecule has 0 aromatic heterocycles. The van der Waals surface area contributed by atoms with Crippen molar-refractivity contribution in [2.75, 3.05) is 6.61 Å². The smallest absolute Gasteiger partial charge is 0.338 e. The lowest BCUT2D eigenvalue weighted by atomic mass is 10.0. The average molecular weight is 370 g/mol. The van der Waals surface area contributed by atoms with Crippen molar-refractivity contribution in [3.8, 4) is 0 Å². The third-order valence-corrected chi connectivity index (χ3v) is 3.82. The summed E-state index contributed by atoms with van der Waals surface area (Å²) in [7, 11) is 0. The third-order valence-electron chi connectivity index (χ3n) is 3.82. The molecule has 0 N–H and O–H groups in total. The minimum atomic E-state index is -1.19. The van der Waals surface area contributed by atoms with Crippen molar-refractivity contribution in [3.05, 3.63) is 71.8 Å². The highest BCUT2D eigenvalue weighted by Gasteiger charge is 2.37. The first-order valence-electron chi connectivity index (χ1n) is 8.47. The molecule has 6 heteroatoms. The SMILES string of the molecule is CC(=O)OC(C)(C)C(COC(=O)c1ccccc1)OC(=O)c1ccccc1. The molecule has 6 nitrogen and oxygen atoms in total. The summed E-state index contributed by atoms with van der Waals surface area (Å²) in [6, 6.07) is 16.8. The molecule has 2 aromatic rings. The Balaban J connectivity index is 2.13. The lowest BCUT2D eigenvalue weighted by Crippen LogP contribution is -2.46. The number of ether oxygens (including phenoxy) is 3. The number of carbonyl (C=O) groups excluding carboxylic acids is 3. The van der Waals surface area contributed by atoms with Gasteiger partial charge >= 0.3 is 17.9 Å². The fourth-order valence-electron chi connectivity index (χ4n) is 2.39. The van der Waals surface area contributed by atoms with E-state index in [0.717, 1.165) is 0 Å². The predicted octanol–water partition coefficient (Wildman–Crippen LogP) is 3.41. The quantitative estimate of drug-likeness (QED) is 0.549. The van der Waals surface area contributed by atoms with Gasteiger partial charge in [-0.2, -0.15) is 0 Å². The van der Waals surface area contributed by atoms with Crippen molar-refractivity contribution in [1.82, 2.24) is 0 Å². The normalized spacial score (nSPS) is 12.0. The molecule has 0 radical (unpaired) electrons. The van der Waals surface area contributed by atoms with Crippen LogP contribution in [0.3, 0.4) is 0 Å². The molecule has 27 heavy (non-hydrogen) atoms. The fourth-order valence-corrected chi connectivity index (χ4v) is 2.39. The summed E-state index contributed by atoms with van der Waals surface area (Å²) in [4.78, 5) is 36.0. The molecule has 0 aliphatic heterocycles. The Morgan fingerprint density at radius 3 is 1.81 bits per heavy atom. The first-order valence-corrected chi connectivity index (χ1v) is 8.47. The van der Waals surface area contributed by atoms with Crippen LogP contribution in [0.25, 0.3) is 0 Å². The molecule has 0 bridgehead atoms. The van der Waals surface area contributed by atoms with E-state index in [1.54, 1.807) is 74.5 Å². The predicted molar refractivity (Wildman–Crippen MR) is 98.2 cm³/mol. The van der Waals surface area contributed by atoms with E-state index in [0.29, 0.717) is 11.1 Å². The highest BCUT2D eigenvalue weighted by atomic mass is 16.6. The van der Waals surface area contributed by atoms with Gasteiger partial charge in [0, 0.05) is 6.92 Å². The third kappa shape index (κ3) is 5.95. The van der Waals surface area contributed by atoms with E-state index in [4.69, 9.17) is 14.2 Å². The second-order valence-electron chi connectivity index (χ2n) is 6.42. The minimum absolute atomic E-state index is 0.257. The molecule has 2 rings (SSSR count). The van der Waals surface area contributed by atoms with Gasteiger partial charge in [0.25, 0.3) is 0 Å². The molecule has 0 heterocycles. The van der Waals surface area contributed by atoms with Gasteiger partial charge in [-0.25, -0.2) is 9.59 Å². The number of rotatable bonds is 7. The maximum absolute atomic E-state index is 12.4. The van der Waals surface area contributed by atoms with Crippen molar-refractivity contribution < 1.29 is 28.6 Å². The fraction of sp³-hybridized carbons (Fsp3) is 0.286. The van der Waals surface area contributed by atoms with Crippen molar-refractivity contribution in [2.24, 2.45) is 0 Å². The van der Waals surface area contributed by atoms with Crippen molar-refractivity contribution in [3.63, 3.8) is 0 Å². The van der Waals surface area contributed by atoms with Crippen molar-refractivity contribution in [1.29, 1.82) is 0 Å². The van der Waals surface area contributed by atoms with Gasteiger partial charge in [0.2, 0.25) is 0 Å². The van der Waals surface area contributed by atoms with Crippen LogP contribution in [0.1, 0.15) is 41.5 Å². The molecule has 0 fully saturated rings. The molecule has 0 aliphatic carbocycles. The number of hydrogen-bond donors (Lipinski definition) is 0. The van der Waals surface area contributed by atoms with Gasteiger partial charge in [0.1, 0.15) is 12.2 Å². The van der Waals surface area contributed by atoms with Gasteiger partial charge in [-0.1, -0.05) is 36.4 Å². The second kappa shape index (κ2) is 8.98. The van der Waals surface area contributed by atoms with Crippen LogP contribution in [-0.2, 0) is 19.0 Å². The van der Waals surface area contributed by atoms with Gasteiger partial charge in [-0.05, 0) is 38.1 Å². The number of esters is 3.